The summed E-state index contributed by atoms with van der Waals surface area (Å²) >= 11 is 0. The molecule has 0 heterocycles. The molecule has 1 unspecified atom stereocenters. The van der Waals surface area contributed by atoms with Crippen molar-refractivity contribution in [2.75, 3.05) is 34.7 Å². The first kappa shape index (κ1) is 14.1. The first-order valence-electron chi connectivity index (χ1n) is 5.05. The van der Waals surface area contributed by atoms with E-state index in [1.807, 2.05) is 7.05 Å². The molecule has 0 saturated heterocycles. The zero-order valence-corrected chi connectivity index (χ0v) is 10.1. The smallest absolute Gasteiger partial charge is 0.0978 e. The van der Waals surface area contributed by atoms with Crippen LogP contribution in [0.3, 0.4) is 0 Å². The summed E-state index contributed by atoms with van der Waals surface area (Å²) in [5.41, 5.74) is 1.36. The van der Waals surface area contributed by atoms with E-state index in [2.05, 4.69) is 56.8 Å². The second-order valence-corrected chi connectivity index (χ2v) is 4.72. The van der Waals surface area contributed by atoms with Crippen LogP contribution in [0.4, 0.5) is 0 Å². The number of hydrogen-bond acceptors (Lipinski definition) is 2. The summed E-state index contributed by atoms with van der Waals surface area (Å²) in [5.74, 6) is 0. The third-order valence-electron chi connectivity index (χ3n) is 2.28. The lowest BCUT2D eigenvalue weighted by molar-refractivity contribution is -0.872. The summed E-state index contributed by atoms with van der Waals surface area (Å²) in [6.07, 6.45) is 0. The Morgan fingerprint density at radius 1 is 1.13 bits per heavy atom. The van der Waals surface area contributed by atoms with Crippen molar-refractivity contribution in [1.29, 1.82) is 0 Å². The molecule has 3 nitrogen and oxygen atoms in total. The quantitative estimate of drug-likeness (QED) is 0.765. The monoisotopic (exact) mass is 210 g/mol. The molecule has 0 amide bonds. The maximum atomic E-state index is 3.36. The third kappa shape index (κ3) is 4.93. The van der Waals surface area contributed by atoms with Crippen LogP contribution < -0.4 is 5.32 Å². The van der Waals surface area contributed by atoms with Gasteiger partial charge in [-0.3, -0.25) is 0 Å². The van der Waals surface area contributed by atoms with E-state index >= 15 is 0 Å². The van der Waals surface area contributed by atoms with Gasteiger partial charge in [0, 0.05) is 0 Å². The van der Waals surface area contributed by atoms with Crippen LogP contribution in [0.2, 0.25) is 0 Å². The first-order chi connectivity index (χ1) is 6.53. The highest BCUT2D eigenvalue weighted by molar-refractivity contribution is 5.18. The fourth-order valence-electron chi connectivity index (χ4n) is 1.60. The van der Waals surface area contributed by atoms with Gasteiger partial charge in [-0.05, 0) is 12.6 Å². The Hall–Kier alpha value is -0.900. The summed E-state index contributed by atoms with van der Waals surface area (Å²) in [6.45, 7) is 1.10. The van der Waals surface area contributed by atoms with E-state index in [1.165, 1.54) is 5.56 Å². The zero-order chi connectivity index (χ0) is 10.6. The molecule has 15 heavy (non-hydrogen) atoms. The van der Waals surface area contributed by atoms with Gasteiger partial charge < -0.3 is 15.3 Å². The van der Waals surface area contributed by atoms with Gasteiger partial charge in [-0.1, -0.05) is 30.3 Å². The average molecular weight is 210 g/mol. The van der Waals surface area contributed by atoms with E-state index < -0.39 is 0 Å². The number of nitrogens with one attached hydrogen (secondary N) is 1. The van der Waals surface area contributed by atoms with Crippen molar-refractivity contribution < 1.29 is 9.96 Å². The second kappa shape index (κ2) is 5.85. The van der Waals surface area contributed by atoms with Crippen LogP contribution in [-0.2, 0) is 0 Å². The van der Waals surface area contributed by atoms with Crippen LogP contribution in [0, 0.1) is 0 Å². The highest BCUT2D eigenvalue weighted by Gasteiger charge is 2.17. The molecule has 0 aromatic heterocycles. The van der Waals surface area contributed by atoms with Crippen molar-refractivity contribution in [2.45, 2.75) is 6.04 Å². The molecule has 1 atom stereocenters. The Labute approximate surface area is 92.6 Å². The number of quaternary nitrogens is 1. The summed E-state index contributed by atoms with van der Waals surface area (Å²) in [6, 6.07) is 11.0. The van der Waals surface area contributed by atoms with Gasteiger partial charge in [0.1, 0.15) is 0 Å². The maximum absolute atomic E-state index is 3.36. The molecule has 0 aliphatic rings. The Balaban J connectivity index is 0.00000196. The maximum Gasteiger partial charge on any atom is 0.0978 e. The molecule has 2 N–H and O–H groups in total. The summed E-state index contributed by atoms with van der Waals surface area (Å²) in [4.78, 5) is 0. The van der Waals surface area contributed by atoms with Crippen molar-refractivity contribution in [3.63, 3.8) is 0 Å². The van der Waals surface area contributed by atoms with E-state index in [4.69, 9.17) is 0 Å². The number of rotatable bonds is 4. The van der Waals surface area contributed by atoms with Crippen LogP contribution in [0.25, 0.3) is 0 Å². The van der Waals surface area contributed by atoms with Gasteiger partial charge in [-0.15, -0.1) is 0 Å². The summed E-state index contributed by atoms with van der Waals surface area (Å²) < 4.78 is 0.973. The number of likely N-dealkylation sites (N-methyl/N-ethyl adjacent to an activating group) is 2. The molecule has 1 aromatic carbocycles. The second-order valence-electron chi connectivity index (χ2n) is 4.72. The normalized spacial score (nSPS) is 13.1. The number of nitrogens with zero attached hydrogens (tertiary/aromatic N) is 1. The van der Waals surface area contributed by atoms with Crippen molar-refractivity contribution in [2.24, 2.45) is 0 Å². The van der Waals surface area contributed by atoms with Gasteiger partial charge >= 0.3 is 0 Å². The first-order valence-corrected chi connectivity index (χ1v) is 5.05. The van der Waals surface area contributed by atoms with Crippen LogP contribution in [0.5, 0.6) is 0 Å². The molecule has 0 radical (unpaired) electrons. The van der Waals surface area contributed by atoms with E-state index in [-0.39, 0.29) is 5.48 Å². The highest BCUT2D eigenvalue weighted by atomic mass is 16.0. The van der Waals surface area contributed by atoms with Crippen LogP contribution >= 0.6 is 0 Å². The Kier molecular flexibility index (Phi) is 5.50. The lowest BCUT2D eigenvalue weighted by Gasteiger charge is -2.29. The molecule has 0 aliphatic heterocycles. The molecule has 0 fully saturated rings. The van der Waals surface area contributed by atoms with Crippen molar-refractivity contribution in [3.05, 3.63) is 35.9 Å². The van der Waals surface area contributed by atoms with E-state index in [0.29, 0.717) is 6.04 Å². The predicted octanol–water partition coefficient (Wildman–Crippen LogP) is 1.48. The Morgan fingerprint density at radius 2 is 1.67 bits per heavy atom. The molecular formula is C12H22N2O. The van der Waals surface area contributed by atoms with Crippen LogP contribution in [0.15, 0.2) is 30.3 Å². The van der Waals surface area contributed by atoms with Crippen LogP contribution in [-0.4, -0.2) is 44.7 Å². The molecule has 86 valence electrons. The zero-order valence-electron chi connectivity index (χ0n) is 10.1. The standard InChI is InChI=1S/C12H21N2.H2O/c1-13-12(10-14(2,3)4)11-8-6-5-7-9-11;/h5-9,12-13H,10H2,1-4H3;1H2/q+1;/p-1. The molecule has 1 aromatic rings. The fourth-order valence-corrected chi connectivity index (χ4v) is 1.60. The van der Waals surface area contributed by atoms with Crippen LogP contribution in [0.1, 0.15) is 11.6 Å². The van der Waals surface area contributed by atoms with Gasteiger partial charge in [-0.2, -0.15) is 0 Å². The lowest BCUT2D eigenvalue weighted by atomic mass is 10.1. The third-order valence-corrected chi connectivity index (χ3v) is 2.28. The van der Waals surface area contributed by atoms with E-state index in [9.17, 15) is 0 Å². The molecule has 0 saturated carbocycles. The van der Waals surface area contributed by atoms with Gasteiger partial charge in [0.05, 0.1) is 33.7 Å². The molecule has 3 heteroatoms. The molecule has 0 bridgehead atoms. The van der Waals surface area contributed by atoms with Crippen molar-refractivity contribution in [3.8, 4) is 0 Å². The van der Waals surface area contributed by atoms with Gasteiger partial charge in [0.15, 0.2) is 0 Å². The van der Waals surface area contributed by atoms with Gasteiger partial charge in [0.2, 0.25) is 0 Å². The summed E-state index contributed by atoms with van der Waals surface area (Å²) in [5, 5.41) is 3.36. The minimum Gasteiger partial charge on any atom is -0.870 e. The van der Waals surface area contributed by atoms with Crippen molar-refractivity contribution in [1.82, 2.24) is 5.32 Å². The SMILES string of the molecule is CNC(C[N+](C)(C)C)c1ccccc1.[OH-]. The lowest BCUT2D eigenvalue weighted by Crippen LogP contribution is -2.41. The molecular weight excluding hydrogens is 188 g/mol. The largest absolute Gasteiger partial charge is 0.870 e. The predicted molar refractivity (Wildman–Crippen MR) is 63.1 cm³/mol. The van der Waals surface area contributed by atoms with Gasteiger partial charge in [0.25, 0.3) is 0 Å². The average Bonchev–Trinajstić information content (AvgIpc) is 2.14. The topological polar surface area (TPSA) is 42.0 Å². The number of hydrogen-bond donors (Lipinski definition) is 1. The highest BCUT2D eigenvalue weighted by Crippen LogP contribution is 2.14. The molecule has 0 spiro atoms. The minimum atomic E-state index is 0. The molecule has 0 aliphatic carbocycles. The van der Waals surface area contributed by atoms with E-state index in [0.717, 1.165) is 11.0 Å². The Bertz CT molecular complexity index is 267. The Morgan fingerprint density at radius 3 is 2.07 bits per heavy atom. The van der Waals surface area contributed by atoms with Crippen molar-refractivity contribution >= 4 is 0 Å². The fraction of sp³-hybridized carbons (Fsp3) is 0.500. The minimum absolute atomic E-state index is 0. The number of benzene rings is 1. The summed E-state index contributed by atoms with van der Waals surface area (Å²) in [7, 11) is 8.67. The molecule has 1 rings (SSSR count). The van der Waals surface area contributed by atoms with Gasteiger partial charge in [-0.25, -0.2) is 0 Å². The van der Waals surface area contributed by atoms with E-state index in [1.54, 1.807) is 0 Å².